The van der Waals surface area contributed by atoms with Crippen LogP contribution >= 0.6 is 0 Å². The zero-order valence-electron chi connectivity index (χ0n) is 8.93. The first-order valence-corrected chi connectivity index (χ1v) is 5.01. The highest BCUT2D eigenvalue weighted by Crippen LogP contribution is 2.16. The van der Waals surface area contributed by atoms with E-state index in [0.29, 0.717) is 5.49 Å². The van der Waals surface area contributed by atoms with Crippen molar-refractivity contribution >= 4 is 10.9 Å². The van der Waals surface area contributed by atoms with Gasteiger partial charge in [0.2, 0.25) is 0 Å². The number of allylic oxidation sites excluding steroid dienone is 1. The Bertz CT molecular complexity index is 595. The Morgan fingerprint density at radius 3 is 2.81 bits per heavy atom. The number of benzene rings is 1. The van der Waals surface area contributed by atoms with Crippen molar-refractivity contribution in [2.24, 2.45) is 10.9 Å². The molecule has 1 heterocycles. The zero-order valence-corrected chi connectivity index (χ0v) is 8.93. The average molecular weight is 214 g/mol. The maximum absolute atomic E-state index is 5.91. The van der Waals surface area contributed by atoms with Gasteiger partial charge in [0.15, 0.2) is 5.49 Å². The Hall–Kier alpha value is -2.23. The Kier molecular flexibility index (Phi) is 2.64. The second-order valence-corrected chi connectivity index (χ2v) is 3.53. The van der Waals surface area contributed by atoms with Crippen LogP contribution in [0.25, 0.3) is 10.9 Å². The van der Waals surface area contributed by atoms with Gasteiger partial charge in [-0.2, -0.15) is 5.10 Å². The summed E-state index contributed by atoms with van der Waals surface area (Å²) in [5.74, 6) is 11.2. The highest BCUT2D eigenvalue weighted by Gasteiger charge is 2.02. The molecule has 0 aliphatic heterocycles. The van der Waals surface area contributed by atoms with Crippen molar-refractivity contribution in [2.45, 2.75) is 6.42 Å². The molecular weight excluding hydrogens is 200 g/mol. The van der Waals surface area contributed by atoms with Gasteiger partial charge in [-0.3, -0.25) is 0 Å². The van der Waals surface area contributed by atoms with Crippen LogP contribution in [0.4, 0.5) is 0 Å². The van der Waals surface area contributed by atoms with Crippen molar-refractivity contribution < 1.29 is 0 Å². The standard InChI is InChI=1S/C12H14N4/c1-2-4-9-5-3-6-11-10(9)7-8-12(15-13)16(11)14/h2-3,5-8H,1,4,13-14H2/b15-12-. The molecule has 0 saturated carbocycles. The number of nitrogen functional groups attached to an aromatic ring is 1. The van der Waals surface area contributed by atoms with Crippen molar-refractivity contribution in [3.05, 3.63) is 54.0 Å². The van der Waals surface area contributed by atoms with Crippen LogP contribution in [0.3, 0.4) is 0 Å². The molecule has 16 heavy (non-hydrogen) atoms. The van der Waals surface area contributed by atoms with Gasteiger partial charge >= 0.3 is 0 Å². The molecule has 4 heteroatoms. The van der Waals surface area contributed by atoms with Gasteiger partial charge < -0.3 is 11.7 Å². The van der Waals surface area contributed by atoms with Gasteiger partial charge in [0.25, 0.3) is 0 Å². The normalized spacial score (nSPS) is 11.9. The SMILES string of the molecule is C=CCc1cccc2c1cc/c(=N/N)n2N. The summed E-state index contributed by atoms with van der Waals surface area (Å²) in [6.45, 7) is 3.74. The third kappa shape index (κ3) is 1.54. The summed E-state index contributed by atoms with van der Waals surface area (Å²) in [6, 6.07) is 9.74. The van der Waals surface area contributed by atoms with Crippen molar-refractivity contribution in [1.82, 2.24) is 4.68 Å². The molecule has 0 unspecified atom stereocenters. The minimum Gasteiger partial charge on any atom is -0.337 e. The molecule has 0 amide bonds. The molecule has 0 bridgehead atoms. The number of nitrogens with two attached hydrogens (primary N) is 2. The second kappa shape index (κ2) is 4.10. The van der Waals surface area contributed by atoms with Crippen LogP contribution in [0.5, 0.6) is 0 Å². The molecule has 0 spiro atoms. The average Bonchev–Trinajstić information content (AvgIpc) is 2.31. The fraction of sp³-hybridized carbons (Fsp3) is 0.0833. The third-order valence-electron chi connectivity index (χ3n) is 2.58. The van der Waals surface area contributed by atoms with Gasteiger partial charge in [-0.15, -0.1) is 6.58 Å². The molecule has 4 N–H and O–H groups in total. The number of hydrogen-bond donors (Lipinski definition) is 2. The van der Waals surface area contributed by atoms with E-state index >= 15 is 0 Å². The Balaban J connectivity index is 2.82. The van der Waals surface area contributed by atoms with Crippen LogP contribution in [0, 0.1) is 0 Å². The summed E-state index contributed by atoms with van der Waals surface area (Å²) in [6.07, 6.45) is 2.69. The van der Waals surface area contributed by atoms with E-state index in [2.05, 4.69) is 17.7 Å². The van der Waals surface area contributed by atoms with Crippen LogP contribution < -0.4 is 17.2 Å². The van der Waals surface area contributed by atoms with Crippen molar-refractivity contribution in [1.29, 1.82) is 0 Å². The predicted molar refractivity (Wildman–Crippen MR) is 65.7 cm³/mol. The molecule has 2 rings (SSSR count). The first kappa shape index (κ1) is 10.3. The Morgan fingerprint density at radius 1 is 1.31 bits per heavy atom. The maximum Gasteiger partial charge on any atom is 0.170 e. The third-order valence-corrected chi connectivity index (χ3v) is 2.58. The summed E-state index contributed by atoms with van der Waals surface area (Å²) < 4.78 is 1.49. The first-order valence-electron chi connectivity index (χ1n) is 5.01. The lowest BCUT2D eigenvalue weighted by Crippen LogP contribution is -2.29. The van der Waals surface area contributed by atoms with E-state index in [0.717, 1.165) is 17.3 Å². The zero-order chi connectivity index (χ0) is 11.5. The van der Waals surface area contributed by atoms with E-state index in [9.17, 15) is 0 Å². The van der Waals surface area contributed by atoms with Gasteiger partial charge in [0.1, 0.15) is 0 Å². The molecule has 0 aliphatic rings. The maximum atomic E-state index is 5.91. The topological polar surface area (TPSA) is 69.3 Å². The number of rotatable bonds is 2. The van der Waals surface area contributed by atoms with Gasteiger partial charge in [-0.1, -0.05) is 18.2 Å². The van der Waals surface area contributed by atoms with Gasteiger partial charge in [0, 0.05) is 5.39 Å². The van der Waals surface area contributed by atoms with Gasteiger partial charge in [-0.05, 0) is 30.2 Å². The second-order valence-electron chi connectivity index (χ2n) is 3.53. The molecular formula is C12H14N4. The quantitative estimate of drug-likeness (QED) is 0.442. The molecule has 1 aromatic carbocycles. The number of pyridine rings is 1. The summed E-state index contributed by atoms with van der Waals surface area (Å²) in [4.78, 5) is 0. The molecule has 0 atom stereocenters. The van der Waals surface area contributed by atoms with Crippen molar-refractivity contribution in [3.8, 4) is 0 Å². The summed E-state index contributed by atoms with van der Waals surface area (Å²) in [5.41, 5.74) is 2.64. The lowest BCUT2D eigenvalue weighted by atomic mass is 10.1. The minimum absolute atomic E-state index is 0.545. The van der Waals surface area contributed by atoms with Crippen molar-refractivity contribution in [2.75, 3.05) is 5.84 Å². The van der Waals surface area contributed by atoms with E-state index in [1.807, 2.05) is 24.3 Å². The van der Waals surface area contributed by atoms with Crippen LogP contribution in [0.15, 0.2) is 48.1 Å². The monoisotopic (exact) mass is 214 g/mol. The highest BCUT2D eigenvalue weighted by atomic mass is 15.3. The number of aromatic nitrogens is 1. The van der Waals surface area contributed by atoms with Gasteiger partial charge in [-0.25, -0.2) is 4.68 Å². The van der Waals surface area contributed by atoms with Crippen LogP contribution in [-0.4, -0.2) is 4.68 Å². The summed E-state index contributed by atoms with van der Waals surface area (Å²) in [7, 11) is 0. The molecule has 4 nitrogen and oxygen atoms in total. The van der Waals surface area contributed by atoms with Crippen LogP contribution in [-0.2, 0) is 6.42 Å². The van der Waals surface area contributed by atoms with Crippen molar-refractivity contribution in [3.63, 3.8) is 0 Å². The Labute approximate surface area is 93.5 Å². The molecule has 0 aliphatic carbocycles. The number of hydrogen-bond acceptors (Lipinski definition) is 3. The molecule has 82 valence electrons. The predicted octanol–water partition coefficient (Wildman–Crippen LogP) is 0.858. The molecule has 0 radical (unpaired) electrons. The van der Waals surface area contributed by atoms with E-state index in [1.165, 1.54) is 10.2 Å². The molecule has 0 fully saturated rings. The first-order chi connectivity index (χ1) is 7.77. The fourth-order valence-electron chi connectivity index (χ4n) is 1.80. The number of fused-ring (bicyclic) bond motifs is 1. The van der Waals surface area contributed by atoms with Crippen LogP contribution in [0.2, 0.25) is 0 Å². The highest BCUT2D eigenvalue weighted by molar-refractivity contribution is 5.82. The number of nitrogens with zero attached hydrogens (tertiary/aromatic N) is 2. The van der Waals surface area contributed by atoms with E-state index in [-0.39, 0.29) is 0 Å². The fourth-order valence-corrected chi connectivity index (χ4v) is 1.80. The summed E-state index contributed by atoms with van der Waals surface area (Å²) >= 11 is 0. The van der Waals surface area contributed by atoms with E-state index in [4.69, 9.17) is 11.7 Å². The minimum atomic E-state index is 0.545. The van der Waals surface area contributed by atoms with Crippen LogP contribution in [0.1, 0.15) is 5.56 Å². The molecule has 1 aromatic heterocycles. The smallest absolute Gasteiger partial charge is 0.170 e. The lowest BCUT2D eigenvalue weighted by Gasteiger charge is -2.08. The molecule has 0 saturated heterocycles. The van der Waals surface area contributed by atoms with E-state index < -0.39 is 0 Å². The van der Waals surface area contributed by atoms with E-state index in [1.54, 1.807) is 6.07 Å². The summed E-state index contributed by atoms with van der Waals surface area (Å²) in [5, 5.41) is 4.71. The molecule has 2 aromatic rings. The largest absolute Gasteiger partial charge is 0.337 e. The Morgan fingerprint density at radius 2 is 2.12 bits per heavy atom. The lowest BCUT2D eigenvalue weighted by molar-refractivity contribution is 0.911. The van der Waals surface area contributed by atoms with Gasteiger partial charge in [0.05, 0.1) is 5.52 Å².